The van der Waals surface area contributed by atoms with Gasteiger partial charge in [0, 0.05) is 15.7 Å². The molecule has 0 bridgehead atoms. The Morgan fingerprint density at radius 1 is 1.20 bits per heavy atom. The van der Waals surface area contributed by atoms with Crippen molar-refractivity contribution in [1.29, 1.82) is 5.26 Å². The van der Waals surface area contributed by atoms with Gasteiger partial charge < -0.3 is 9.47 Å². The minimum atomic E-state index is -0.630. The van der Waals surface area contributed by atoms with E-state index in [0.717, 1.165) is 10.5 Å². The van der Waals surface area contributed by atoms with Crippen LogP contribution in [0, 0.1) is 11.3 Å². The lowest BCUT2D eigenvalue weighted by molar-refractivity contribution is -0.137. The van der Waals surface area contributed by atoms with Gasteiger partial charge in [-0.25, -0.2) is 4.79 Å². The molecule has 0 heterocycles. The number of benzene rings is 2. The van der Waals surface area contributed by atoms with Crippen LogP contribution in [0.15, 0.2) is 59.0 Å². The maximum atomic E-state index is 12.0. The average Bonchev–Trinajstić information content (AvgIpc) is 2.65. The first-order valence-electron chi connectivity index (χ1n) is 7.43. The largest absolute Gasteiger partial charge is 0.497 e. The van der Waals surface area contributed by atoms with Crippen molar-refractivity contribution in [2.24, 2.45) is 0 Å². The third kappa shape index (κ3) is 6.18. The first-order valence-corrected chi connectivity index (χ1v) is 8.80. The molecule has 0 aliphatic heterocycles. The molecule has 2 aromatic carbocycles. The fourth-order valence-corrected chi connectivity index (χ4v) is 2.76. The van der Waals surface area contributed by atoms with E-state index in [9.17, 15) is 4.79 Å². The van der Waals surface area contributed by atoms with Gasteiger partial charge in [0.15, 0.2) is 0 Å². The number of carbonyl (C=O) groups is 1. The third-order valence-electron chi connectivity index (χ3n) is 3.17. The normalized spacial score (nSPS) is 10.8. The molecule has 128 valence electrons. The fraction of sp³-hybridized carbons (Fsp3) is 0.158. The second-order valence-electron chi connectivity index (χ2n) is 4.88. The Morgan fingerprint density at radius 3 is 2.48 bits per heavy atom. The van der Waals surface area contributed by atoms with E-state index in [2.05, 4.69) is 0 Å². The summed E-state index contributed by atoms with van der Waals surface area (Å²) >= 11 is 7.37. The number of carbonyl (C=O) groups excluding carboxylic acids is 1. The standard InChI is InChI=1S/C19H16ClNO3S/c1-23-17-6-2-14(3-7-17)12-15(13-21)19(22)24-10-11-25-18-8-4-16(20)5-9-18/h2-9,12H,10-11H2,1H3/b15-12+. The first kappa shape index (κ1) is 18.9. The second-order valence-corrected chi connectivity index (χ2v) is 6.49. The number of thioether (sulfide) groups is 1. The van der Waals surface area contributed by atoms with Crippen molar-refractivity contribution in [3.8, 4) is 11.8 Å². The first-order chi connectivity index (χ1) is 12.1. The zero-order chi connectivity index (χ0) is 18.1. The van der Waals surface area contributed by atoms with Crippen molar-refractivity contribution >= 4 is 35.4 Å². The molecule has 0 aliphatic carbocycles. The topological polar surface area (TPSA) is 59.3 Å². The van der Waals surface area contributed by atoms with Gasteiger partial charge in [0.05, 0.1) is 7.11 Å². The third-order valence-corrected chi connectivity index (χ3v) is 4.39. The van der Waals surface area contributed by atoms with E-state index in [0.29, 0.717) is 16.5 Å². The highest BCUT2D eigenvalue weighted by Crippen LogP contribution is 2.20. The van der Waals surface area contributed by atoms with Gasteiger partial charge in [-0.1, -0.05) is 23.7 Å². The molecule has 2 aromatic rings. The van der Waals surface area contributed by atoms with Crippen LogP contribution in [-0.2, 0) is 9.53 Å². The number of hydrogen-bond acceptors (Lipinski definition) is 5. The molecule has 6 heteroatoms. The van der Waals surface area contributed by atoms with E-state index in [1.165, 1.54) is 6.08 Å². The van der Waals surface area contributed by atoms with Crippen molar-refractivity contribution in [3.05, 3.63) is 64.7 Å². The van der Waals surface area contributed by atoms with E-state index in [1.54, 1.807) is 55.3 Å². The van der Waals surface area contributed by atoms with Gasteiger partial charge >= 0.3 is 5.97 Å². The van der Waals surface area contributed by atoms with Gasteiger partial charge in [0.1, 0.15) is 24.0 Å². The van der Waals surface area contributed by atoms with Crippen LogP contribution in [0.25, 0.3) is 6.08 Å². The minimum Gasteiger partial charge on any atom is -0.497 e. The molecule has 2 rings (SSSR count). The SMILES string of the molecule is COc1ccc(/C=C(\C#N)C(=O)OCCSc2ccc(Cl)cc2)cc1. The number of nitrogens with zero attached hydrogens (tertiary/aromatic N) is 1. The lowest BCUT2D eigenvalue weighted by Crippen LogP contribution is -2.09. The highest BCUT2D eigenvalue weighted by molar-refractivity contribution is 7.99. The molecule has 0 N–H and O–H groups in total. The summed E-state index contributed by atoms with van der Waals surface area (Å²) in [5.74, 6) is 0.668. The lowest BCUT2D eigenvalue weighted by atomic mass is 10.1. The van der Waals surface area contributed by atoms with Crippen molar-refractivity contribution in [2.45, 2.75) is 4.90 Å². The quantitative estimate of drug-likeness (QED) is 0.233. The fourth-order valence-electron chi connectivity index (χ4n) is 1.91. The minimum absolute atomic E-state index is 0.0401. The Kier molecular flexibility index (Phi) is 7.39. The average molecular weight is 374 g/mol. The number of halogens is 1. The smallest absolute Gasteiger partial charge is 0.348 e. The summed E-state index contributed by atoms with van der Waals surface area (Å²) in [6.07, 6.45) is 1.49. The second kappa shape index (κ2) is 9.77. The number of hydrogen-bond donors (Lipinski definition) is 0. The molecule has 0 radical (unpaired) electrons. The number of rotatable bonds is 7. The molecule has 0 fully saturated rings. The molecule has 0 aromatic heterocycles. The summed E-state index contributed by atoms with van der Waals surface area (Å²) in [5.41, 5.74) is 0.687. The van der Waals surface area contributed by atoms with E-state index in [1.807, 2.05) is 18.2 Å². The molecule has 0 saturated carbocycles. The Bertz CT molecular complexity index is 780. The Hall–Kier alpha value is -2.42. The van der Waals surface area contributed by atoms with Gasteiger partial charge in [-0.05, 0) is 48.0 Å². The Labute approximate surface area is 156 Å². The number of ether oxygens (including phenoxy) is 2. The molecule has 4 nitrogen and oxygen atoms in total. The van der Waals surface area contributed by atoms with Crippen LogP contribution in [0.1, 0.15) is 5.56 Å². The van der Waals surface area contributed by atoms with Crippen LogP contribution in [0.4, 0.5) is 0 Å². The van der Waals surface area contributed by atoms with Crippen LogP contribution in [0.2, 0.25) is 5.02 Å². The van der Waals surface area contributed by atoms with Gasteiger partial charge in [-0.2, -0.15) is 5.26 Å². The number of nitriles is 1. The van der Waals surface area contributed by atoms with Crippen molar-refractivity contribution in [2.75, 3.05) is 19.5 Å². The van der Waals surface area contributed by atoms with Crippen molar-refractivity contribution in [1.82, 2.24) is 0 Å². The van der Waals surface area contributed by atoms with E-state index < -0.39 is 5.97 Å². The Balaban J connectivity index is 1.85. The van der Waals surface area contributed by atoms with E-state index in [-0.39, 0.29) is 12.2 Å². The summed E-state index contributed by atoms with van der Waals surface area (Å²) in [7, 11) is 1.57. The van der Waals surface area contributed by atoms with Gasteiger partial charge in [0.2, 0.25) is 0 Å². The number of methoxy groups -OCH3 is 1. The molecule has 0 spiro atoms. The van der Waals surface area contributed by atoms with Crippen LogP contribution in [0.5, 0.6) is 5.75 Å². The van der Waals surface area contributed by atoms with Crippen molar-refractivity contribution < 1.29 is 14.3 Å². The zero-order valence-electron chi connectivity index (χ0n) is 13.6. The molecule has 0 aliphatic rings. The maximum absolute atomic E-state index is 12.0. The molecule has 0 saturated heterocycles. The predicted molar refractivity (Wildman–Crippen MR) is 99.7 cm³/mol. The highest BCUT2D eigenvalue weighted by atomic mass is 35.5. The summed E-state index contributed by atoms with van der Waals surface area (Å²) in [4.78, 5) is 13.0. The van der Waals surface area contributed by atoms with Crippen LogP contribution in [-0.4, -0.2) is 25.4 Å². The highest BCUT2D eigenvalue weighted by Gasteiger charge is 2.10. The molecular formula is C19H16ClNO3S. The van der Waals surface area contributed by atoms with Crippen LogP contribution >= 0.6 is 23.4 Å². The monoisotopic (exact) mass is 373 g/mol. The lowest BCUT2D eigenvalue weighted by Gasteiger charge is -2.05. The summed E-state index contributed by atoms with van der Waals surface area (Å²) in [6, 6.07) is 16.3. The maximum Gasteiger partial charge on any atom is 0.348 e. The molecule has 0 amide bonds. The Morgan fingerprint density at radius 2 is 1.88 bits per heavy atom. The summed E-state index contributed by atoms with van der Waals surface area (Å²) in [6.45, 7) is 0.216. The summed E-state index contributed by atoms with van der Waals surface area (Å²) < 4.78 is 10.2. The zero-order valence-corrected chi connectivity index (χ0v) is 15.1. The van der Waals surface area contributed by atoms with Gasteiger partial charge in [-0.3, -0.25) is 0 Å². The van der Waals surface area contributed by atoms with E-state index in [4.69, 9.17) is 26.3 Å². The number of esters is 1. The van der Waals surface area contributed by atoms with Gasteiger partial charge in [-0.15, -0.1) is 11.8 Å². The van der Waals surface area contributed by atoms with Gasteiger partial charge in [0.25, 0.3) is 0 Å². The molecule has 0 atom stereocenters. The predicted octanol–water partition coefficient (Wildman–Crippen LogP) is 4.59. The molecular weight excluding hydrogens is 358 g/mol. The molecule has 0 unspecified atom stereocenters. The molecule has 25 heavy (non-hydrogen) atoms. The van der Waals surface area contributed by atoms with Crippen LogP contribution in [0.3, 0.4) is 0 Å². The summed E-state index contributed by atoms with van der Waals surface area (Å²) in [5, 5.41) is 9.84. The van der Waals surface area contributed by atoms with E-state index >= 15 is 0 Å². The van der Waals surface area contributed by atoms with Crippen LogP contribution < -0.4 is 4.74 Å². The van der Waals surface area contributed by atoms with Crippen molar-refractivity contribution in [3.63, 3.8) is 0 Å².